The van der Waals surface area contributed by atoms with Gasteiger partial charge in [-0.1, -0.05) is 66.8 Å². The summed E-state index contributed by atoms with van der Waals surface area (Å²) in [6.07, 6.45) is 17.7. The Labute approximate surface area is 221 Å². The highest BCUT2D eigenvalue weighted by atomic mass is 16.4. The van der Waals surface area contributed by atoms with Crippen molar-refractivity contribution in [2.24, 2.45) is 17.3 Å². The number of carbonyl (C=O) groups is 1. The lowest BCUT2D eigenvalue weighted by Crippen LogP contribution is -2.45. The summed E-state index contributed by atoms with van der Waals surface area (Å²) in [6, 6.07) is 10.2. The van der Waals surface area contributed by atoms with Gasteiger partial charge in [0.2, 0.25) is 0 Å². The van der Waals surface area contributed by atoms with Crippen molar-refractivity contribution in [3.05, 3.63) is 83.5 Å². The minimum absolute atomic E-state index is 0.0582. The predicted octanol–water partition coefficient (Wildman–Crippen LogP) is 5.62. The largest absolute Gasteiger partial charge is 0.481 e. The first kappa shape index (κ1) is 27.6. The number of hydrogen-bond acceptors (Lipinski definition) is 4. The highest BCUT2D eigenvalue weighted by Crippen LogP contribution is 2.44. The zero-order chi connectivity index (χ0) is 26.5. The Morgan fingerprint density at radius 3 is 2.49 bits per heavy atom. The molecule has 0 aromatic heterocycles. The van der Waals surface area contributed by atoms with Gasteiger partial charge in [-0.2, -0.15) is 0 Å². The van der Waals surface area contributed by atoms with Gasteiger partial charge in [0.1, 0.15) is 5.60 Å². The van der Waals surface area contributed by atoms with E-state index in [9.17, 15) is 20.1 Å². The van der Waals surface area contributed by atoms with E-state index in [1.54, 1.807) is 13.8 Å². The number of carboxylic acids is 1. The standard InChI is InChI=1S/C32H43NO4/c1-31(2,30(35)36)25-17-15-24(16-18-25)29(34)14-9-21-33-22-19-28(20-23-33)32(37,26-10-5-3-6-11-26)27-12-7-4-8-13-27/h3-7,10-12,15-17,25,28-29,34,37H,8-9,13-14,18-23H2,1-2H3,(H,35,36). The summed E-state index contributed by atoms with van der Waals surface area (Å²) in [4.78, 5) is 14.0. The Morgan fingerprint density at radius 1 is 1.16 bits per heavy atom. The van der Waals surface area contributed by atoms with E-state index in [0.717, 1.165) is 68.4 Å². The molecule has 1 saturated heterocycles. The van der Waals surface area contributed by atoms with Gasteiger partial charge in [0, 0.05) is 0 Å². The molecule has 2 aliphatic carbocycles. The molecular formula is C32H43NO4. The number of aliphatic hydroxyl groups excluding tert-OH is 1. The Hall–Kier alpha value is -2.47. The second kappa shape index (κ2) is 11.9. The molecule has 5 nitrogen and oxygen atoms in total. The normalized spacial score (nSPS) is 23.7. The molecule has 3 aliphatic rings. The second-order valence-corrected chi connectivity index (χ2v) is 11.5. The van der Waals surface area contributed by atoms with Gasteiger partial charge in [0.25, 0.3) is 0 Å². The number of aliphatic hydroxyl groups is 2. The quantitative estimate of drug-likeness (QED) is 0.385. The smallest absolute Gasteiger partial charge is 0.309 e. The highest BCUT2D eigenvalue weighted by Gasteiger charge is 2.42. The Bertz CT molecular complexity index is 1050. The summed E-state index contributed by atoms with van der Waals surface area (Å²) in [6.45, 7) is 6.35. The second-order valence-electron chi connectivity index (χ2n) is 11.5. The molecule has 200 valence electrons. The average Bonchev–Trinajstić information content (AvgIpc) is 2.94. The zero-order valence-corrected chi connectivity index (χ0v) is 22.4. The summed E-state index contributed by atoms with van der Waals surface area (Å²) in [5.74, 6) is -0.662. The SMILES string of the molecule is CC(C)(C(=O)O)C1C=CC(C(O)CCCN2CCC(C(O)(C3=CC=CCC3)c3ccccc3)CC2)=CC1. The Balaban J connectivity index is 1.27. The van der Waals surface area contributed by atoms with Gasteiger partial charge in [-0.3, -0.25) is 4.79 Å². The van der Waals surface area contributed by atoms with Gasteiger partial charge >= 0.3 is 5.97 Å². The van der Waals surface area contributed by atoms with Crippen molar-refractivity contribution in [3.8, 4) is 0 Å². The van der Waals surface area contributed by atoms with Gasteiger partial charge in [-0.25, -0.2) is 0 Å². The van der Waals surface area contributed by atoms with Gasteiger partial charge < -0.3 is 20.2 Å². The molecule has 0 amide bonds. The first-order chi connectivity index (χ1) is 17.7. The fourth-order valence-corrected chi connectivity index (χ4v) is 6.12. The molecule has 1 aliphatic heterocycles. The number of rotatable bonds is 10. The lowest BCUT2D eigenvalue weighted by Gasteiger charge is -2.44. The molecule has 3 atom stereocenters. The summed E-state index contributed by atoms with van der Waals surface area (Å²) in [5, 5.41) is 32.3. The van der Waals surface area contributed by atoms with Crippen LogP contribution in [0.1, 0.15) is 64.4 Å². The number of allylic oxidation sites excluding steroid dienone is 5. The Morgan fingerprint density at radius 2 is 1.89 bits per heavy atom. The third kappa shape index (κ3) is 6.17. The van der Waals surface area contributed by atoms with Crippen molar-refractivity contribution in [3.63, 3.8) is 0 Å². The minimum atomic E-state index is -0.916. The molecule has 3 N–H and O–H groups in total. The minimum Gasteiger partial charge on any atom is -0.481 e. The van der Waals surface area contributed by atoms with Gasteiger partial charge in [0.05, 0.1) is 11.5 Å². The third-order valence-corrected chi connectivity index (χ3v) is 8.84. The maximum atomic E-state index is 12.1. The molecular weight excluding hydrogens is 462 g/mol. The van der Waals surface area contributed by atoms with E-state index < -0.39 is 23.1 Å². The lowest BCUT2D eigenvalue weighted by atomic mass is 9.70. The fraction of sp³-hybridized carbons (Fsp3) is 0.531. The molecule has 1 fully saturated rings. The lowest BCUT2D eigenvalue weighted by molar-refractivity contribution is -0.149. The van der Waals surface area contributed by atoms with E-state index in [-0.39, 0.29) is 11.8 Å². The predicted molar refractivity (Wildman–Crippen MR) is 148 cm³/mol. The van der Waals surface area contributed by atoms with Crippen molar-refractivity contribution >= 4 is 5.97 Å². The molecule has 3 unspecified atom stereocenters. The molecule has 5 heteroatoms. The summed E-state index contributed by atoms with van der Waals surface area (Å²) in [7, 11) is 0. The number of nitrogens with zero attached hydrogens (tertiary/aromatic N) is 1. The maximum absolute atomic E-state index is 12.1. The summed E-state index contributed by atoms with van der Waals surface area (Å²) in [5.41, 5.74) is 1.30. The molecule has 1 aromatic rings. The van der Waals surface area contributed by atoms with E-state index in [1.807, 2.05) is 36.4 Å². The van der Waals surface area contributed by atoms with Crippen molar-refractivity contribution in [2.75, 3.05) is 19.6 Å². The monoisotopic (exact) mass is 505 g/mol. The van der Waals surface area contributed by atoms with Crippen LogP contribution in [0.5, 0.6) is 0 Å². The number of aliphatic carboxylic acids is 1. The van der Waals surface area contributed by atoms with Gasteiger partial charge in [-0.15, -0.1) is 0 Å². The number of likely N-dealkylation sites (tertiary alicyclic amines) is 1. The van der Waals surface area contributed by atoms with E-state index >= 15 is 0 Å². The zero-order valence-electron chi connectivity index (χ0n) is 22.4. The van der Waals surface area contributed by atoms with E-state index in [1.165, 1.54) is 0 Å². The fourth-order valence-electron chi connectivity index (χ4n) is 6.12. The molecule has 0 radical (unpaired) electrons. The van der Waals surface area contributed by atoms with Crippen LogP contribution in [-0.2, 0) is 10.4 Å². The van der Waals surface area contributed by atoms with E-state index in [2.05, 4.69) is 35.3 Å². The van der Waals surface area contributed by atoms with Crippen molar-refractivity contribution < 1.29 is 20.1 Å². The van der Waals surface area contributed by atoms with Gasteiger partial charge in [-0.05, 0) is 107 Å². The number of carboxylic acid groups (broad SMARTS) is 1. The average molecular weight is 506 g/mol. The summed E-state index contributed by atoms with van der Waals surface area (Å²) >= 11 is 0. The Kier molecular flexibility index (Phi) is 8.89. The third-order valence-electron chi connectivity index (χ3n) is 8.84. The van der Waals surface area contributed by atoms with Crippen molar-refractivity contribution in [1.29, 1.82) is 0 Å². The van der Waals surface area contributed by atoms with Crippen LogP contribution in [0.3, 0.4) is 0 Å². The number of benzene rings is 1. The molecule has 37 heavy (non-hydrogen) atoms. The first-order valence-corrected chi connectivity index (χ1v) is 13.9. The molecule has 0 bridgehead atoms. The molecule has 0 spiro atoms. The number of piperidine rings is 1. The topological polar surface area (TPSA) is 81.0 Å². The van der Waals surface area contributed by atoms with Crippen LogP contribution in [0.2, 0.25) is 0 Å². The van der Waals surface area contributed by atoms with Gasteiger partial charge in [0.15, 0.2) is 0 Å². The van der Waals surface area contributed by atoms with Crippen LogP contribution in [0.15, 0.2) is 77.9 Å². The van der Waals surface area contributed by atoms with E-state index in [4.69, 9.17) is 0 Å². The molecule has 1 aromatic carbocycles. The van der Waals surface area contributed by atoms with Crippen LogP contribution in [-0.4, -0.2) is 51.9 Å². The van der Waals surface area contributed by atoms with Crippen molar-refractivity contribution in [2.45, 2.75) is 70.5 Å². The molecule has 0 saturated carbocycles. The first-order valence-electron chi connectivity index (χ1n) is 13.9. The molecule has 4 rings (SSSR count). The van der Waals surface area contributed by atoms with Crippen LogP contribution in [0, 0.1) is 17.3 Å². The van der Waals surface area contributed by atoms with Crippen molar-refractivity contribution in [1.82, 2.24) is 4.90 Å². The van der Waals surface area contributed by atoms with Crippen LogP contribution in [0.4, 0.5) is 0 Å². The highest BCUT2D eigenvalue weighted by molar-refractivity contribution is 5.74. The molecule has 1 heterocycles. The maximum Gasteiger partial charge on any atom is 0.309 e. The van der Waals surface area contributed by atoms with E-state index in [0.29, 0.717) is 12.8 Å². The van der Waals surface area contributed by atoms with Crippen LogP contribution in [0.25, 0.3) is 0 Å². The van der Waals surface area contributed by atoms with Crippen LogP contribution >= 0.6 is 0 Å². The van der Waals surface area contributed by atoms with Crippen LogP contribution < -0.4 is 0 Å². The number of hydrogen-bond donors (Lipinski definition) is 3. The summed E-state index contributed by atoms with van der Waals surface area (Å²) < 4.78 is 0.